The van der Waals surface area contributed by atoms with Crippen LogP contribution in [-0.4, -0.2) is 61.4 Å². The molecule has 22 heavy (non-hydrogen) atoms. The van der Waals surface area contributed by atoms with E-state index in [4.69, 9.17) is 0 Å². The Morgan fingerprint density at radius 2 is 1.91 bits per heavy atom. The van der Waals surface area contributed by atoms with E-state index in [0.717, 1.165) is 32.4 Å². The fraction of sp³-hybridized carbons (Fsp3) is 0.882. The van der Waals surface area contributed by atoms with E-state index < -0.39 is 0 Å². The molecule has 2 rings (SSSR count). The second-order valence-corrected chi connectivity index (χ2v) is 7.09. The summed E-state index contributed by atoms with van der Waals surface area (Å²) >= 11 is 0. The molecule has 1 N–H and O–H groups in total. The summed E-state index contributed by atoms with van der Waals surface area (Å²) in [4.78, 5) is 28.4. The topological polar surface area (TPSA) is 52.6 Å². The largest absolute Gasteiger partial charge is 0.353 e. The van der Waals surface area contributed by atoms with Gasteiger partial charge in [-0.25, -0.2) is 0 Å². The van der Waals surface area contributed by atoms with Gasteiger partial charge in [-0.1, -0.05) is 25.7 Å². The molecular formula is C17H31N3O2. The summed E-state index contributed by atoms with van der Waals surface area (Å²) in [7, 11) is 4.07. The van der Waals surface area contributed by atoms with Crippen LogP contribution in [0.1, 0.15) is 51.4 Å². The maximum Gasteiger partial charge on any atom is 0.225 e. The molecule has 0 radical (unpaired) electrons. The van der Waals surface area contributed by atoms with Crippen LogP contribution in [-0.2, 0) is 9.59 Å². The molecule has 2 amide bonds. The zero-order valence-electron chi connectivity index (χ0n) is 14.1. The van der Waals surface area contributed by atoms with E-state index in [2.05, 4.69) is 10.2 Å². The van der Waals surface area contributed by atoms with Crippen molar-refractivity contribution in [1.82, 2.24) is 15.1 Å². The van der Waals surface area contributed by atoms with Crippen molar-refractivity contribution in [3.63, 3.8) is 0 Å². The molecule has 0 aromatic rings. The van der Waals surface area contributed by atoms with Gasteiger partial charge in [0.25, 0.3) is 0 Å². The van der Waals surface area contributed by atoms with Crippen molar-refractivity contribution in [2.24, 2.45) is 5.92 Å². The van der Waals surface area contributed by atoms with Crippen LogP contribution in [0, 0.1) is 5.92 Å². The van der Waals surface area contributed by atoms with E-state index in [1.165, 1.54) is 25.7 Å². The first-order chi connectivity index (χ1) is 10.6. The molecule has 0 spiro atoms. The van der Waals surface area contributed by atoms with Crippen LogP contribution >= 0.6 is 0 Å². The first-order valence-corrected chi connectivity index (χ1v) is 8.79. The summed E-state index contributed by atoms with van der Waals surface area (Å²) in [6, 6.07) is 0.327. The first kappa shape index (κ1) is 17.3. The van der Waals surface area contributed by atoms with E-state index in [-0.39, 0.29) is 17.7 Å². The predicted molar refractivity (Wildman–Crippen MR) is 87.5 cm³/mol. The van der Waals surface area contributed by atoms with Crippen LogP contribution in [0.15, 0.2) is 0 Å². The molecule has 1 aliphatic heterocycles. The summed E-state index contributed by atoms with van der Waals surface area (Å²) in [5, 5.41) is 3.19. The van der Waals surface area contributed by atoms with E-state index in [1.54, 1.807) is 0 Å². The Kier molecular flexibility index (Phi) is 6.68. The van der Waals surface area contributed by atoms with Crippen LogP contribution in [0.3, 0.4) is 0 Å². The highest BCUT2D eigenvalue weighted by Crippen LogP contribution is 2.21. The Morgan fingerprint density at radius 3 is 2.55 bits per heavy atom. The molecule has 126 valence electrons. The predicted octanol–water partition coefficient (Wildman–Crippen LogP) is 1.63. The fourth-order valence-corrected chi connectivity index (χ4v) is 3.48. The van der Waals surface area contributed by atoms with E-state index >= 15 is 0 Å². The molecular weight excluding hydrogens is 278 g/mol. The minimum atomic E-state index is -0.143. The molecule has 1 saturated carbocycles. The SMILES string of the molecule is CN(C)CCCN1CC(C(=O)NC2CCCCCC2)CC1=O. The number of hydrogen-bond acceptors (Lipinski definition) is 3. The van der Waals surface area contributed by atoms with Gasteiger partial charge in [-0.3, -0.25) is 9.59 Å². The van der Waals surface area contributed by atoms with Crippen LogP contribution in [0.5, 0.6) is 0 Å². The molecule has 2 fully saturated rings. The van der Waals surface area contributed by atoms with Crippen LogP contribution in [0.2, 0.25) is 0 Å². The second kappa shape index (κ2) is 8.51. The van der Waals surface area contributed by atoms with Crippen LogP contribution in [0.4, 0.5) is 0 Å². The maximum absolute atomic E-state index is 12.4. The quantitative estimate of drug-likeness (QED) is 0.759. The van der Waals surface area contributed by atoms with Gasteiger partial charge < -0.3 is 15.1 Å². The minimum Gasteiger partial charge on any atom is -0.353 e. The van der Waals surface area contributed by atoms with Gasteiger partial charge in [0.15, 0.2) is 0 Å². The zero-order valence-corrected chi connectivity index (χ0v) is 14.1. The van der Waals surface area contributed by atoms with Gasteiger partial charge in [-0.15, -0.1) is 0 Å². The Bertz CT molecular complexity index is 376. The van der Waals surface area contributed by atoms with Gasteiger partial charge in [-0.2, -0.15) is 0 Å². The molecule has 1 heterocycles. The van der Waals surface area contributed by atoms with Gasteiger partial charge >= 0.3 is 0 Å². The van der Waals surface area contributed by atoms with Crippen molar-refractivity contribution in [2.45, 2.75) is 57.4 Å². The van der Waals surface area contributed by atoms with E-state index in [1.807, 2.05) is 19.0 Å². The van der Waals surface area contributed by atoms with Gasteiger partial charge in [0.1, 0.15) is 0 Å². The Morgan fingerprint density at radius 1 is 1.23 bits per heavy atom. The third-order valence-corrected chi connectivity index (χ3v) is 4.82. The van der Waals surface area contributed by atoms with Crippen molar-refractivity contribution in [2.75, 3.05) is 33.7 Å². The highest BCUT2D eigenvalue weighted by Gasteiger charge is 2.34. The smallest absolute Gasteiger partial charge is 0.225 e. The molecule has 5 heteroatoms. The molecule has 0 bridgehead atoms. The molecule has 0 aromatic carbocycles. The lowest BCUT2D eigenvalue weighted by atomic mass is 10.0. The highest BCUT2D eigenvalue weighted by atomic mass is 16.2. The Labute approximate surface area is 134 Å². The van der Waals surface area contributed by atoms with Gasteiger partial charge in [-0.05, 0) is 39.9 Å². The normalized spacial score (nSPS) is 23.9. The molecule has 1 unspecified atom stereocenters. The lowest BCUT2D eigenvalue weighted by molar-refractivity contribution is -0.129. The number of hydrogen-bond donors (Lipinski definition) is 1. The van der Waals surface area contributed by atoms with Crippen molar-refractivity contribution in [1.29, 1.82) is 0 Å². The number of carbonyl (C=O) groups is 2. The molecule has 1 saturated heterocycles. The van der Waals surface area contributed by atoms with Gasteiger partial charge in [0.2, 0.25) is 11.8 Å². The molecule has 1 atom stereocenters. The zero-order chi connectivity index (χ0) is 15.9. The molecule has 2 aliphatic rings. The lowest BCUT2D eigenvalue weighted by Crippen LogP contribution is -2.39. The first-order valence-electron chi connectivity index (χ1n) is 8.79. The molecule has 1 aliphatic carbocycles. The van der Waals surface area contributed by atoms with E-state index in [0.29, 0.717) is 19.0 Å². The average molecular weight is 309 g/mol. The third kappa shape index (κ3) is 5.27. The number of likely N-dealkylation sites (tertiary alicyclic amines) is 1. The highest BCUT2D eigenvalue weighted by molar-refractivity contribution is 5.89. The summed E-state index contributed by atoms with van der Waals surface area (Å²) < 4.78 is 0. The molecule has 0 aromatic heterocycles. The number of rotatable bonds is 6. The number of nitrogens with one attached hydrogen (secondary N) is 1. The van der Waals surface area contributed by atoms with Gasteiger partial charge in [0.05, 0.1) is 5.92 Å². The number of amides is 2. The standard InChI is InChI=1S/C17H31N3O2/c1-19(2)10-7-11-20-13-14(12-16(20)21)17(22)18-15-8-5-3-4-6-9-15/h14-15H,3-13H2,1-2H3,(H,18,22). The minimum absolute atomic E-state index is 0.0929. The average Bonchev–Trinajstić information content (AvgIpc) is 2.68. The Balaban J connectivity index is 1.75. The third-order valence-electron chi connectivity index (χ3n) is 4.82. The van der Waals surface area contributed by atoms with Crippen molar-refractivity contribution in [3.05, 3.63) is 0 Å². The van der Waals surface area contributed by atoms with Crippen LogP contribution in [0.25, 0.3) is 0 Å². The lowest BCUT2D eigenvalue weighted by Gasteiger charge is -2.20. The van der Waals surface area contributed by atoms with Crippen molar-refractivity contribution in [3.8, 4) is 0 Å². The summed E-state index contributed by atoms with van der Waals surface area (Å²) in [5.41, 5.74) is 0. The Hall–Kier alpha value is -1.10. The fourth-order valence-electron chi connectivity index (χ4n) is 3.48. The monoisotopic (exact) mass is 309 g/mol. The van der Waals surface area contributed by atoms with Crippen molar-refractivity contribution < 1.29 is 9.59 Å². The maximum atomic E-state index is 12.4. The number of nitrogens with zero attached hydrogens (tertiary/aromatic N) is 2. The summed E-state index contributed by atoms with van der Waals surface area (Å²) in [5.74, 6) is 0.0882. The van der Waals surface area contributed by atoms with Crippen LogP contribution < -0.4 is 5.32 Å². The number of carbonyl (C=O) groups excluding carboxylic acids is 2. The summed E-state index contributed by atoms with van der Waals surface area (Å²) in [6.07, 6.45) is 8.55. The summed E-state index contributed by atoms with van der Waals surface area (Å²) in [6.45, 7) is 2.34. The van der Waals surface area contributed by atoms with Crippen molar-refractivity contribution >= 4 is 11.8 Å². The second-order valence-electron chi connectivity index (χ2n) is 7.09. The van der Waals surface area contributed by atoms with Gasteiger partial charge in [0, 0.05) is 25.6 Å². The van der Waals surface area contributed by atoms with E-state index in [9.17, 15) is 9.59 Å². The molecule has 5 nitrogen and oxygen atoms in total.